The van der Waals surface area contributed by atoms with Crippen molar-refractivity contribution in [3.05, 3.63) is 100 Å². The van der Waals surface area contributed by atoms with E-state index >= 15 is 0 Å². The van der Waals surface area contributed by atoms with Gasteiger partial charge in [-0.1, -0.05) is 24.3 Å². The van der Waals surface area contributed by atoms with E-state index in [0.717, 1.165) is 16.8 Å². The van der Waals surface area contributed by atoms with Crippen molar-refractivity contribution < 1.29 is 23.6 Å². The molecule has 5 rings (SSSR count). The number of hydrogen-bond donors (Lipinski definition) is 1. The van der Waals surface area contributed by atoms with Gasteiger partial charge in [-0.3, -0.25) is 24.1 Å². The number of hydrogen-bond acceptors (Lipinski definition) is 4. The molecule has 3 aromatic carbocycles. The molecule has 7 nitrogen and oxygen atoms in total. The van der Waals surface area contributed by atoms with E-state index < -0.39 is 0 Å². The lowest BCUT2D eigenvalue weighted by Crippen LogP contribution is -2.32. The molecule has 2 aliphatic rings. The van der Waals surface area contributed by atoms with Crippen LogP contribution in [0.4, 0.5) is 10.1 Å². The van der Waals surface area contributed by atoms with E-state index in [4.69, 9.17) is 0 Å². The maximum Gasteiger partial charge on any atom is 0.261 e. The Bertz CT molecular complexity index is 1330. The van der Waals surface area contributed by atoms with Gasteiger partial charge in [0.25, 0.3) is 17.7 Å². The van der Waals surface area contributed by atoms with E-state index in [0.29, 0.717) is 42.6 Å². The molecule has 0 bridgehead atoms. The second-order valence-electron chi connectivity index (χ2n) is 8.86. The minimum atomic E-state index is -0.386. The fourth-order valence-corrected chi connectivity index (χ4v) is 4.65. The molecule has 1 N–H and O–H groups in total. The number of benzene rings is 3. The molecule has 0 saturated heterocycles. The van der Waals surface area contributed by atoms with Crippen molar-refractivity contribution in [1.82, 2.24) is 10.2 Å². The number of carbonyl (C=O) groups is 4. The van der Waals surface area contributed by atoms with Crippen LogP contribution >= 0.6 is 0 Å². The summed E-state index contributed by atoms with van der Waals surface area (Å²) in [5.74, 6) is -1.36. The summed E-state index contributed by atoms with van der Waals surface area (Å²) in [5, 5.41) is 2.88. The van der Waals surface area contributed by atoms with Gasteiger partial charge in [-0.05, 0) is 66.4 Å². The first-order chi connectivity index (χ1) is 17.4. The highest BCUT2D eigenvalue weighted by Crippen LogP contribution is 2.30. The Labute approximate surface area is 207 Å². The summed E-state index contributed by atoms with van der Waals surface area (Å²) in [6.07, 6.45) is 1.27. The molecule has 0 radical (unpaired) electrons. The average Bonchev–Trinajstić information content (AvgIpc) is 3.42. The fourth-order valence-electron chi connectivity index (χ4n) is 4.65. The monoisotopic (exact) mass is 485 g/mol. The van der Waals surface area contributed by atoms with Gasteiger partial charge in [0.1, 0.15) is 5.82 Å². The van der Waals surface area contributed by atoms with Crippen LogP contribution in [0.3, 0.4) is 0 Å². The van der Waals surface area contributed by atoms with Gasteiger partial charge in [-0.25, -0.2) is 4.39 Å². The maximum atomic E-state index is 13.2. The molecular weight excluding hydrogens is 461 g/mol. The normalized spacial score (nSPS) is 14.1. The van der Waals surface area contributed by atoms with Gasteiger partial charge < -0.3 is 10.2 Å². The molecule has 0 aliphatic carbocycles. The highest BCUT2D eigenvalue weighted by molar-refractivity contribution is 6.21. The summed E-state index contributed by atoms with van der Waals surface area (Å²) in [7, 11) is 0. The number of fused-ring (bicyclic) bond motifs is 2. The van der Waals surface area contributed by atoms with Crippen LogP contribution in [0.1, 0.15) is 55.0 Å². The predicted molar refractivity (Wildman–Crippen MR) is 131 cm³/mol. The standard InChI is InChI=1S/C28H24FN3O4/c29-21-10-8-19(9-11-21)26(34)31-15-13-20-16-18(7-12-24(20)31)17-30-25(33)6-3-14-32-27(35)22-4-1-2-5-23(22)28(32)36/h1-2,4-5,7-12,16H,3,6,13-15,17H2,(H,30,33). The van der Waals surface area contributed by atoms with E-state index in [9.17, 15) is 23.6 Å². The number of amides is 4. The molecular formula is C28H24FN3O4. The van der Waals surface area contributed by atoms with E-state index in [-0.39, 0.29) is 42.4 Å². The second-order valence-corrected chi connectivity index (χ2v) is 8.86. The smallest absolute Gasteiger partial charge is 0.261 e. The third-order valence-corrected chi connectivity index (χ3v) is 6.53. The largest absolute Gasteiger partial charge is 0.352 e. The van der Waals surface area contributed by atoms with Crippen LogP contribution in [0.5, 0.6) is 0 Å². The summed E-state index contributed by atoms with van der Waals surface area (Å²) in [6, 6.07) is 17.9. The van der Waals surface area contributed by atoms with Crippen molar-refractivity contribution >= 4 is 29.3 Å². The Morgan fingerprint density at radius 3 is 2.31 bits per heavy atom. The van der Waals surface area contributed by atoms with Crippen LogP contribution in [0.25, 0.3) is 0 Å². The summed E-state index contributed by atoms with van der Waals surface area (Å²) >= 11 is 0. The molecule has 182 valence electrons. The van der Waals surface area contributed by atoms with E-state index in [1.54, 1.807) is 29.2 Å². The maximum absolute atomic E-state index is 13.2. The summed E-state index contributed by atoms with van der Waals surface area (Å²) in [4.78, 5) is 52.9. The lowest BCUT2D eigenvalue weighted by molar-refractivity contribution is -0.121. The third kappa shape index (κ3) is 4.49. The van der Waals surface area contributed by atoms with Crippen molar-refractivity contribution in [1.29, 1.82) is 0 Å². The third-order valence-electron chi connectivity index (χ3n) is 6.53. The number of carbonyl (C=O) groups excluding carboxylic acids is 4. The number of imide groups is 1. The zero-order chi connectivity index (χ0) is 25.2. The number of halogens is 1. The van der Waals surface area contributed by atoms with Crippen LogP contribution in [0.2, 0.25) is 0 Å². The van der Waals surface area contributed by atoms with Crippen molar-refractivity contribution in [2.45, 2.75) is 25.8 Å². The number of nitrogens with one attached hydrogen (secondary N) is 1. The minimum absolute atomic E-state index is 0.166. The van der Waals surface area contributed by atoms with Crippen LogP contribution < -0.4 is 10.2 Å². The van der Waals surface area contributed by atoms with Gasteiger partial charge in [0.05, 0.1) is 11.1 Å². The Morgan fingerprint density at radius 1 is 0.917 bits per heavy atom. The average molecular weight is 486 g/mol. The van der Waals surface area contributed by atoms with Gasteiger partial charge in [-0.2, -0.15) is 0 Å². The van der Waals surface area contributed by atoms with Crippen molar-refractivity contribution in [2.24, 2.45) is 0 Å². The Balaban J connectivity index is 1.12. The highest BCUT2D eigenvalue weighted by Gasteiger charge is 2.34. The van der Waals surface area contributed by atoms with Gasteiger partial charge in [0.2, 0.25) is 5.91 Å². The van der Waals surface area contributed by atoms with Crippen LogP contribution in [-0.2, 0) is 17.8 Å². The minimum Gasteiger partial charge on any atom is -0.352 e. The van der Waals surface area contributed by atoms with Gasteiger partial charge in [0, 0.05) is 37.3 Å². The first-order valence-electron chi connectivity index (χ1n) is 11.8. The van der Waals surface area contributed by atoms with Crippen molar-refractivity contribution in [2.75, 3.05) is 18.0 Å². The molecule has 2 aliphatic heterocycles. The predicted octanol–water partition coefficient (Wildman–Crippen LogP) is 3.72. The number of nitrogens with zero attached hydrogens (tertiary/aromatic N) is 2. The molecule has 0 unspecified atom stereocenters. The van der Waals surface area contributed by atoms with Crippen LogP contribution in [0.15, 0.2) is 66.7 Å². The first kappa shape index (κ1) is 23.4. The topological polar surface area (TPSA) is 86.8 Å². The van der Waals surface area contributed by atoms with E-state index in [1.165, 1.54) is 29.2 Å². The van der Waals surface area contributed by atoms with Crippen LogP contribution in [0, 0.1) is 5.82 Å². The van der Waals surface area contributed by atoms with Gasteiger partial charge in [-0.15, -0.1) is 0 Å². The van der Waals surface area contributed by atoms with Gasteiger partial charge in [0.15, 0.2) is 0 Å². The molecule has 4 amide bonds. The Kier molecular flexibility index (Phi) is 6.33. The SMILES string of the molecule is O=C(CCCN1C(=O)c2ccccc2C1=O)NCc1ccc2c(c1)CCN2C(=O)c1ccc(F)cc1. The van der Waals surface area contributed by atoms with Crippen LogP contribution in [-0.4, -0.2) is 41.6 Å². The first-order valence-corrected chi connectivity index (χ1v) is 11.8. The lowest BCUT2D eigenvalue weighted by Gasteiger charge is -2.18. The number of anilines is 1. The molecule has 0 aromatic heterocycles. The molecule has 36 heavy (non-hydrogen) atoms. The molecule has 0 fully saturated rings. The summed E-state index contributed by atoms with van der Waals surface area (Å²) in [6.45, 7) is 1.07. The van der Waals surface area contributed by atoms with Gasteiger partial charge >= 0.3 is 0 Å². The highest BCUT2D eigenvalue weighted by atomic mass is 19.1. The molecule has 0 saturated carbocycles. The molecule has 0 atom stereocenters. The Hall–Kier alpha value is -4.33. The molecule has 3 aromatic rings. The quantitative estimate of drug-likeness (QED) is 0.517. The summed E-state index contributed by atoms with van der Waals surface area (Å²) in [5.41, 5.74) is 3.99. The molecule has 2 heterocycles. The zero-order valence-electron chi connectivity index (χ0n) is 19.5. The van der Waals surface area contributed by atoms with Crippen molar-refractivity contribution in [3.8, 4) is 0 Å². The molecule has 8 heteroatoms. The Morgan fingerprint density at radius 2 is 1.61 bits per heavy atom. The molecule has 0 spiro atoms. The van der Waals surface area contributed by atoms with Crippen molar-refractivity contribution in [3.63, 3.8) is 0 Å². The zero-order valence-corrected chi connectivity index (χ0v) is 19.5. The second kappa shape index (κ2) is 9.73. The summed E-state index contributed by atoms with van der Waals surface area (Å²) < 4.78 is 13.2. The lowest BCUT2D eigenvalue weighted by atomic mass is 10.1. The van der Waals surface area contributed by atoms with E-state index in [2.05, 4.69) is 5.32 Å². The fraction of sp³-hybridized carbons (Fsp3) is 0.214. The van der Waals surface area contributed by atoms with E-state index in [1.807, 2.05) is 18.2 Å². The number of rotatable bonds is 7.